The Hall–Kier alpha value is -5.86. The number of methoxy groups -OCH3 is 1. The average Bonchev–Trinajstić information content (AvgIpc) is 3.62. The molecule has 0 unspecified atom stereocenters. The first-order valence-corrected chi connectivity index (χ1v) is 15.9. The minimum atomic E-state index is -0.747. The van der Waals surface area contributed by atoms with E-state index in [1.807, 2.05) is 60.7 Å². The van der Waals surface area contributed by atoms with Crippen LogP contribution in [0.1, 0.15) is 36.1 Å². The number of ketones is 2. The number of benzene rings is 3. The summed E-state index contributed by atoms with van der Waals surface area (Å²) in [6, 6.07) is 18.7. The van der Waals surface area contributed by atoms with Crippen LogP contribution in [0.25, 0.3) is 0 Å². The predicted molar refractivity (Wildman–Crippen MR) is 188 cm³/mol. The number of fused-ring (bicyclic) bond motifs is 1. The monoisotopic (exact) mass is 720 g/mol. The summed E-state index contributed by atoms with van der Waals surface area (Å²) in [5.41, 5.74) is 3.00. The van der Waals surface area contributed by atoms with Gasteiger partial charge in [0.1, 0.15) is 19.0 Å². The molecule has 0 bridgehead atoms. The fourth-order valence-electron chi connectivity index (χ4n) is 5.04. The molecule has 3 aromatic rings. The lowest BCUT2D eigenvalue weighted by molar-refractivity contribution is -0.117. The predicted octanol–water partition coefficient (Wildman–Crippen LogP) is 4.17. The lowest BCUT2D eigenvalue weighted by Crippen LogP contribution is -2.39. The lowest BCUT2D eigenvalue weighted by Gasteiger charge is -2.18. The highest BCUT2D eigenvalue weighted by Crippen LogP contribution is 2.42. The molecule has 0 saturated carbocycles. The second-order valence-electron chi connectivity index (χ2n) is 11.4. The third kappa shape index (κ3) is 11.6. The number of alkyl carbamates (subject to hydrolysis) is 2. The summed E-state index contributed by atoms with van der Waals surface area (Å²) in [5.74, 6) is 0.257. The van der Waals surface area contributed by atoms with Crippen molar-refractivity contribution < 1.29 is 58.2 Å². The first-order chi connectivity index (χ1) is 24.6. The molecule has 1 aliphatic carbocycles. The van der Waals surface area contributed by atoms with Crippen molar-refractivity contribution >= 4 is 23.8 Å². The number of amides is 2. The van der Waals surface area contributed by atoms with Gasteiger partial charge in [0, 0.05) is 22.8 Å². The topological polar surface area (TPSA) is 199 Å². The van der Waals surface area contributed by atoms with Gasteiger partial charge in [-0.3, -0.25) is 9.59 Å². The zero-order valence-electron chi connectivity index (χ0n) is 28.1. The number of hydrogen-bond donors (Lipinski definition) is 5. The van der Waals surface area contributed by atoms with Crippen molar-refractivity contribution in [2.24, 2.45) is 0 Å². The van der Waals surface area contributed by atoms with Gasteiger partial charge in [-0.25, -0.2) is 9.59 Å². The van der Waals surface area contributed by atoms with Crippen LogP contribution >= 0.6 is 0 Å². The van der Waals surface area contributed by atoms with Crippen LogP contribution in [0.15, 0.2) is 90.2 Å². The fourth-order valence-corrected chi connectivity index (χ4v) is 5.04. The van der Waals surface area contributed by atoms with Gasteiger partial charge in [-0.2, -0.15) is 0 Å². The number of carbonyl (C=O) groups is 4. The normalized spacial score (nSPS) is 13.9. The van der Waals surface area contributed by atoms with E-state index in [-0.39, 0.29) is 64.0 Å². The Morgan fingerprint density at radius 3 is 1.87 bits per heavy atom. The lowest BCUT2D eigenvalue weighted by atomic mass is 9.96. The molecule has 5 N–H and O–H groups in total. The maximum atomic E-state index is 12.0. The Morgan fingerprint density at radius 2 is 1.35 bits per heavy atom. The number of aromatic hydroxyl groups is 1. The molecule has 0 saturated heterocycles. The number of allylic oxidation sites excluding steroid dienone is 2. The number of carbonyl (C=O) groups excluding carboxylic acids is 4. The van der Waals surface area contributed by atoms with Gasteiger partial charge in [0.2, 0.25) is 12.6 Å². The Labute approximate surface area is 301 Å². The molecule has 14 heteroatoms. The molecule has 1 heterocycles. The van der Waals surface area contributed by atoms with Crippen LogP contribution in [0.5, 0.6) is 17.2 Å². The van der Waals surface area contributed by atoms with Gasteiger partial charge in [0.05, 0.1) is 32.4 Å². The number of ether oxygens (including phenoxy) is 5. The molecule has 2 amide bonds. The van der Waals surface area contributed by atoms with Gasteiger partial charge in [-0.1, -0.05) is 68.1 Å². The van der Waals surface area contributed by atoms with Gasteiger partial charge in [0.15, 0.2) is 23.0 Å². The molecule has 5 rings (SSSR count). The van der Waals surface area contributed by atoms with Crippen LogP contribution in [0, 0.1) is 6.92 Å². The Balaban J connectivity index is 0.000000275. The molecule has 0 radical (unpaired) electrons. The van der Waals surface area contributed by atoms with Crippen LogP contribution in [-0.4, -0.2) is 78.3 Å². The number of aliphatic hydroxyl groups is 2. The minimum Gasteiger partial charge on any atom is -0.507 e. The number of phenolic OH excluding ortho intramolecular Hbond substituents is 1. The van der Waals surface area contributed by atoms with E-state index in [2.05, 4.69) is 10.6 Å². The number of hydrogen-bond acceptors (Lipinski definition) is 12. The molecule has 52 heavy (non-hydrogen) atoms. The van der Waals surface area contributed by atoms with Gasteiger partial charge in [-0.15, -0.1) is 0 Å². The van der Waals surface area contributed by atoms with Gasteiger partial charge in [-0.05, 0) is 43.0 Å². The number of rotatable bonds is 13. The molecular formula is C38H44N2O12. The standard InChI is InChI=1S/C19H21NO6.C18H19NO6.CH4/c1-12-17(22)14(8-16-18(12)26-11-25-16)7-15(9-21)20-19(23)24-10-13-5-3-2-4-6-13;1-24-17-9-15(21)13(8-16(17)22)7-14(10-20)19-18(23)25-11-12-5-3-2-4-6-12;/h2-6,8,15,21-22H,7,9-11H2,1H3,(H,20,23);2-6,8-9,14,20H,7,10-11H2,1H3,(H,19,23);1H4/t15-;14-;/m00./s1. The molecule has 2 atom stereocenters. The minimum absolute atomic E-state index is 0. The first kappa shape index (κ1) is 40.6. The molecule has 0 spiro atoms. The summed E-state index contributed by atoms with van der Waals surface area (Å²) < 4.78 is 25.7. The smallest absolute Gasteiger partial charge is 0.407 e. The van der Waals surface area contributed by atoms with Gasteiger partial charge < -0.3 is 49.6 Å². The van der Waals surface area contributed by atoms with Crippen LogP contribution in [0.3, 0.4) is 0 Å². The quantitative estimate of drug-likeness (QED) is 0.158. The highest BCUT2D eigenvalue weighted by atomic mass is 16.7. The molecule has 0 aromatic heterocycles. The van der Waals surface area contributed by atoms with E-state index < -0.39 is 42.4 Å². The number of aliphatic hydroxyl groups excluding tert-OH is 2. The van der Waals surface area contributed by atoms with E-state index in [1.165, 1.54) is 7.11 Å². The molecule has 14 nitrogen and oxygen atoms in total. The van der Waals surface area contributed by atoms with Crippen LogP contribution in [0.4, 0.5) is 9.59 Å². The SMILES string of the molecule is C.COC1=CC(=O)C(C[C@@H](CO)NC(=O)OCc2ccccc2)=CC1=O.Cc1c(O)c(C[C@@H](CO)NC(=O)OCc2ccccc2)cc2c1OCO2. The van der Waals surface area contributed by atoms with E-state index in [0.29, 0.717) is 22.6 Å². The molecular weight excluding hydrogens is 676 g/mol. The summed E-state index contributed by atoms with van der Waals surface area (Å²) in [7, 11) is 1.30. The van der Waals surface area contributed by atoms with E-state index >= 15 is 0 Å². The maximum Gasteiger partial charge on any atom is 0.407 e. The Kier molecular flexibility index (Phi) is 15.7. The Bertz CT molecular complexity index is 1740. The number of phenols is 1. The summed E-state index contributed by atoms with van der Waals surface area (Å²) in [6.07, 6.45) is 1.13. The van der Waals surface area contributed by atoms with Crippen LogP contribution in [0.2, 0.25) is 0 Å². The van der Waals surface area contributed by atoms with Crippen molar-refractivity contribution in [2.45, 2.75) is 52.5 Å². The van der Waals surface area contributed by atoms with Crippen LogP contribution in [-0.2, 0) is 43.4 Å². The van der Waals surface area contributed by atoms with Crippen LogP contribution < -0.4 is 20.1 Å². The third-order valence-electron chi connectivity index (χ3n) is 7.74. The molecule has 3 aromatic carbocycles. The van der Waals surface area contributed by atoms with E-state index in [4.69, 9.17) is 23.7 Å². The van der Waals surface area contributed by atoms with Gasteiger partial charge in [0.25, 0.3) is 0 Å². The highest BCUT2D eigenvalue weighted by molar-refractivity contribution is 6.19. The zero-order chi connectivity index (χ0) is 36.8. The Morgan fingerprint density at radius 1 is 0.808 bits per heavy atom. The fraction of sp³-hybridized carbons (Fsp3) is 0.316. The van der Waals surface area contributed by atoms with Gasteiger partial charge >= 0.3 is 12.2 Å². The summed E-state index contributed by atoms with van der Waals surface area (Å²) in [4.78, 5) is 47.5. The number of nitrogens with one attached hydrogen (secondary N) is 2. The summed E-state index contributed by atoms with van der Waals surface area (Å²) in [5, 5.41) is 34.4. The van der Waals surface area contributed by atoms with Crippen molar-refractivity contribution in [2.75, 3.05) is 27.1 Å². The zero-order valence-corrected chi connectivity index (χ0v) is 28.1. The van der Waals surface area contributed by atoms with Crippen molar-refractivity contribution in [3.63, 3.8) is 0 Å². The average molecular weight is 721 g/mol. The molecule has 2 aliphatic rings. The van der Waals surface area contributed by atoms with Crippen molar-refractivity contribution in [3.8, 4) is 17.2 Å². The van der Waals surface area contributed by atoms with E-state index in [9.17, 15) is 34.5 Å². The van der Waals surface area contributed by atoms with E-state index in [1.54, 1.807) is 13.0 Å². The molecule has 0 fully saturated rings. The second-order valence-corrected chi connectivity index (χ2v) is 11.4. The van der Waals surface area contributed by atoms with Crippen molar-refractivity contribution in [1.82, 2.24) is 10.6 Å². The second kappa shape index (κ2) is 20.1. The van der Waals surface area contributed by atoms with Crippen molar-refractivity contribution in [3.05, 3.63) is 112 Å². The summed E-state index contributed by atoms with van der Waals surface area (Å²) >= 11 is 0. The molecule has 278 valence electrons. The highest BCUT2D eigenvalue weighted by Gasteiger charge is 2.25. The maximum absolute atomic E-state index is 12.0. The van der Waals surface area contributed by atoms with Crippen molar-refractivity contribution in [1.29, 1.82) is 0 Å². The third-order valence-corrected chi connectivity index (χ3v) is 7.74. The first-order valence-electron chi connectivity index (χ1n) is 15.9. The molecule has 1 aliphatic heterocycles. The van der Waals surface area contributed by atoms with E-state index in [0.717, 1.165) is 23.3 Å². The largest absolute Gasteiger partial charge is 0.507 e. The summed E-state index contributed by atoms with van der Waals surface area (Å²) in [6.45, 7) is 1.35.